The minimum atomic E-state index is -1.95. The van der Waals surface area contributed by atoms with Gasteiger partial charge in [-0.05, 0) is 58.1 Å². The molecule has 37 heavy (non-hydrogen) atoms. The van der Waals surface area contributed by atoms with Crippen LogP contribution in [0.1, 0.15) is 30.3 Å². The Hall–Kier alpha value is -3.00. The van der Waals surface area contributed by atoms with Crippen LogP contribution in [0.15, 0.2) is 35.6 Å². The lowest BCUT2D eigenvalue weighted by Crippen LogP contribution is -2.41. The number of aromatic nitrogens is 1. The molecule has 2 amide bonds. The Morgan fingerprint density at radius 3 is 2.30 bits per heavy atom. The number of hydrogen-bond acceptors (Lipinski definition) is 5. The molecule has 3 rings (SSSR count). The summed E-state index contributed by atoms with van der Waals surface area (Å²) in [5, 5.41) is 4.60. The molecule has 14 heteroatoms. The Balaban J connectivity index is 0.000000873. The maximum atomic E-state index is 15.0. The van der Waals surface area contributed by atoms with E-state index in [4.69, 9.17) is 21.2 Å². The van der Waals surface area contributed by atoms with E-state index in [0.717, 1.165) is 61.3 Å². The molecule has 3 N–H and O–H groups in total. The number of carbonyl (C=O) groups is 3. The number of benzene rings is 1. The maximum absolute atomic E-state index is 15.0. The Bertz CT molecular complexity index is 1090. The second-order valence-corrected chi connectivity index (χ2v) is 9.21. The minimum Gasteiger partial charge on any atom is -0.362 e. The Morgan fingerprint density at radius 2 is 1.78 bits per heavy atom. The molecule has 1 unspecified atom stereocenters. The molecule has 204 valence electrons. The summed E-state index contributed by atoms with van der Waals surface area (Å²) in [5.41, 5.74) is -0.577. The second kappa shape index (κ2) is 16.7. The number of halogens is 4. The van der Waals surface area contributed by atoms with E-state index in [9.17, 15) is 17.8 Å². The fraction of sp³-hybridized carbons (Fsp3) is 0.348. The fourth-order valence-corrected chi connectivity index (χ4v) is 4.52. The molecule has 1 atom stereocenters. The predicted octanol–water partition coefficient (Wildman–Crippen LogP) is 3.34. The smallest absolute Gasteiger partial charge is 0.275 e. The van der Waals surface area contributed by atoms with E-state index in [1.165, 1.54) is 13.0 Å². The first kappa shape index (κ1) is 32.0. The number of anilines is 1. The Labute approximate surface area is 220 Å². The molecule has 1 aromatic carbocycles. The van der Waals surface area contributed by atoms with Crippen LogP contribution in [-0.4, -0.2) is 65.5 Å². The third kappa shape index (κ3) is 10.5. The molecular formula is C23H29ClF3N5O4S. The van der Waals surface area contributed by atoms with E-state index in [1.54, 1.807) is 7.05 Å². The monoisotopic (exact) mass is 563 g/mol. The van der Waals surface area contributed by atoms with Gasteiger partial charge < -0.3 is 24.9 Å². The first-order valence-electron chi connectivity index (χ1n) is 10.9. The van der Waals surface area contributed by atoms with E-state index in [-0.39, 0.29) is 28.0 Å². The lowest BCUT2D eigenvalue weighted by atomic mass is 10.1. The van der Waals surface area contributed by atoms with Crippen LogP contribution in [0.25, 0.3) is 6.20 Å². The number of nitrogens with one attached hydrogen (secondary N) is 3. The number of rotatable bonds is 7. The lowest BCUT2D eigenvalue weighted by Gasteiger charge is -2.28. The van der Waals surface area contributed by atoms with Gasteiger partial charge in [-0.2, -0.15) is 0 Å². The third-order valence-corrected chi connectivity index (χ3v) is 6.25. The van der Waals surface area contributed by atoms with Crippen molar-refractivity contribution in [3.63, 3.8) is 0 Å². The average molecular weight is 564 g/mol. The molecule has 1 fully saturated rings. The Morgan fingerprint density at radius 1 is 1.19 bits per heavy atom. The standard InChI is InChI=1S/C19H20ClF3N4O2S.C2H5NO.C2H4O/c1-26-5-2-14(3-6-26)25-30(29)16-11-27(7-4-21)18(17(16)23)19(28)24-15-9-12(20)8-13(22)10-15;1-3-2-4;1-2-3/h4,7-11,14,25H,2-3,5-6H2,1H3,(H,24,28);2H,1H3,(H,3,4);2H,1H3/b7-4+;;. The number of piperidine rings is 1. The van der Waals surface area contributed by atoms with Crippen LogP contribution in [-0.2, 0) is 20.6 Å². The summed E-state index contributed by atoms with van der Waals surface area (Å²) in [6.07, 6.45) is 4.86. The molecule has 1 aromatic heterocycles. The first-order valence-corrected chi connectivity index (χ1v) is 12.5. The molecule has 0 radical (unpaired) electrons. The van der Waals surface area contributed by atoms with E-state index in [2.05, 4.69) is 20.3 Å². The number of hydrogen-bond donors (Lipinski definition) is 3. The highest BCUT2D eigenvalue weighted by molar-refractivity contribution is 7.83. The first-order chi connectivity index (χ1) is 17.6. The number of carbonyl (C=O) groups excluding carboxylic acids is 3. The summed E-state index contributed by atoms with van der Waals surface area (Å²) in [6, 6.07) is 3.25. The predicted molar refractivity (Wildman–Crippen MR) is 137 cm³/mol. The molecule has 1 aliphatic rings. The van der Waals surface area contributed by atoms with E-state index in [0.29, 0.717) is 6.41 Å². The fourth-order valence-electron chi connectivity index (χ4n) is 3.16. The summed E-state index contributed by atoms with van der Waals surface area (Å²) < 4.78 is 57.7. The van der Waals surface area contributed by atoms with E-state index >= 15 is 4.39 Å². The minimum absolute atomic E-state index is 0.00602. The highest BCUT2D eigenvalue weighted by Crippen LogP contribution is 2.23. The quantitative estimate of drug-likeness (QED) is 0.447. The molecule has 1 saturated heterocycles. The van der Waals surface area contributed by atoms with Crippen LogP contribution in [0.3, 0.4) is 0 Å². The number of nitrogens with zero attached hydrogens (tertiary/aromatic N) is 2. The average Bonchev–Trinajstić information content (AvgIpc) is 3.16. The van der Waals surface area contributed by atoms with Crippen molar-refractivity contribution in [2.75, 3.05) is 32.5 Å². The summed E-state index contributed by atoms with van der Waals surface area (Å²) >= 11 is 5.76. The molecule has 0 bridgehead atoms. The summed E-state index contributed by atoms with van der Waals surface area (Å²) in [7, 11) is 1.59. The lowest BCUT2D eigenvalue weighted by molar-refractivity contribution is -0.109. The largest absolute Gasteiger partial charge is 0.362 e. The molecule has 0 aliphatic carbocycles. The SMILES string of the molecule is CC=O.CN1CCC(NS(=O)c2cn(/C=C/F)c(C(=O)Nc3cc(F)cc(Cl)c3)c2F)CC1.CNC=O. The number of aldehydes is 1. The van der Waals surface area contributed by atoms with Crippen LogP contribution < -0.4 is 15.4 Å². The zero-order valence-electron chi connectivity index (χ0n) is 20.5. The second-order valence-electron chi connectivity index (χ2n) is 7.56. The Kier molecular flexibility index (Phi) is 14.4. The van der Waals surface area contributed by atoms with Crippen LogP contribution in [0.5, 0.6) is 0 Å². The van der Waals surface area contributed by atoms with Crippen molar-refractivity contribution in [1.82, 2.24) is 19.5 Å². The van der Waals surface area contributed by atoms with Gasteiger partial charge >= 0.3 is 0 Å². The highest BCUT2D eigenvalue weighted by atomic mass is 35.5. The normalized spacial score (nSPS) is 14.6. The molecule has 1 aliphatic heterocycles. The highest BCUT2D eigenvalue weighted by Gasteiger charge is 2.27. The maximum Gasteiger partial charge on any atom is 0.275 e. The van der Waals surface area contributed by atoms with Crippen molar-refractivity contribution >= 4 is 53.1 Å². The van der Waals surface area contributed by atoms with Crippen molar-refractivity contribution in [2.24, 2.45) is 0 Å². The van der Waals surface area contributed by atoms with Crippen LogP contribution in [0.4, 0.5) is 18.9 Å². The van der Waals surface area contributed by atoms with Gasteiger partial charge in [0.15, 0.2) is 5.82 Å². The molecule has 2 heterocycles. The van der Waals surface area contributed by atoms with Crippen molar-refractivity contribution in [3.8, 4) is 0 Å². The van der Waals surface area contributed by atoms with Gasteiger partial charge in [-0.3, -0.25) is 9.59 Å². The zero-order chi connectivity index (χ0) is 28.0. The van der Waals surface area contributed by atoms with Gasteiger partial charge in [-0.15, -0.1) is 0 Å². The van der Waals surface area contributed by atoms with Crippen molar-refractivity contribution < 1.29 is 31.8 Å². The molecular weight excluding hydrogens is 535 g/mol. The van der Waals surface area contributed by atoms with Gasteiger partial charge in [0.2, 0.25) is 6.41 Å². The van der Waals surface area contributed by atoms with Gasteiger partial charge in [0.25, 0.3) is 5.91 Å². The van der Waals surface area contributed by atoms with E-state index in [1.807, 2.05) is 7.05 Å². The topological polar surface area (TPSA) is 113 Å². The summed E-state index contributed by atoms with van der Waals surface area (Å²) in [5.74, 6) is -2.73. The summed E-state index contributed by atoms with van der Waals surface area (Å²) in [6.45, 7) is 3.07. The van der Waals surface area contributed by atoms with Crippen LogP contribution >= 0.6 is 11.6 Å². The molecule has 0 spiro atoms. The number of likely N-dealkylation sites (tertiary alicyclic amines) is 1. The third-order valence-electron chi connectivity index (χ3n) is 4.80. The molecule has 2 aromatic rings. The van der Waals surface area contributed by atoms with E-state index < -0.39 is 34.2 Å². The van der Waals surface area contributed by atoms with Crippen LogP contribution in [0, 0.1) is 11.6 Å². The van der Waals surface area contributed by atoms with Gasteiger partial charge in [-0.1, -0.05) is 11.6 Å². The number of amides is 2. The van der Waals surface area contributed by atoms with Crippen molar-refractivity contribution in [1.29, 1.82) is 0 Å². The van der Waals surface area contributed by atoms with Gasteiger partial charge in [-0.25, -0.2) is 22.1 Å². The molecule has 0 saturated carbocycles. The van der Waals surface area contributed by atoms with Crippen molar-refractivity contribution in [3.05, 3.63) is 53.1 Å². The summed E-state index contributed by atoms with van der Waals surface area (Å²) in [4.78, 5) is 32.3. The van der Waals surface area contributed by atoms with Gasteiger partial charge in [0, 0.05) is 36.2 Å². The molecule has 9 nitrogen and oxygen atoms in total. The van der Waals surface area contributed by atoms with Gasteiger partial charge in [0.1, 0.15) is 40.0 Å². The van der Waals surface area contributed by atoms with Crippen LogP contribution in [0.2, 0.25) is 5.02 Å². The zero-order valence-corrected chi connectivity index (χ0v) is 22.0. The van der Waals surface area contributed by atoms with Crippen molar-refractivity contribution in [2.45, 2.75) is 30.7 Å². The van der Waals surface area contributed by atoms with Gasteiger partial charge in [0.05, 0.1) is 0 Å².